The van der Waals surface area contributed by atoms with Crippen molar-refractivity contribution in [2.24, 2.45) is 33.8 Å². The number of likely N-dealkylation sites (tertiary alicyclic amines) is 1. The molecule has 1 heterocycles. The van der Waals surface area contributed by atoms with Crippen LogP contribution in [0, 0.1) is 5.92 Å². The van der Waals surface area contributed by atoms with Crippen molar-refractivity contribution in [1.82, 2.24) is 26.2 Å². The Hall–Kier alpha value is -5.01. The molecule has 0 spiro atoms. The summed E-state index contributed by atoms with van der Waals surface area (Å²) in [7, 11) is 0. The molecule has 0 aromatic heterocycles. The highest BCUT2D eigenvalue weighted by atomic mass is 16.4. The van der Waals surface area contributed by atoms with Gasteiger partial charge in [-0.3, -0.25) is 38.6 Å². The van der Waals surface area contributed by atoms with E-state index in [4.69, 9.17) is 28.0 Å². The van der Waals surface area contributed by atoms with Crippen LogP contribution in [0.1, 0.15) is 65.2 Å². The molecule has 1 fully saturated rings. The lowest BCUT2D eigenvalue weighted by molar-refractivity contribution is -0.148. The lowest BCUT2D eigenvalue weighted by atomic mass is 9.97. The van der Waals surface area contributed by atoms with Gasteiger partial charge in [0.15, 0.2) is 5.96 Å². The number of aliphatic carboxylic acids is 2. The monoisotopic (exact) mass is 684 g/mol. The Morgan fingerprint density at radius 1 is 0.896 bits per heavy atom. The predicted octanol–water partition coefficient (Wildman–Crippen LogP) is -4.20. The smallest absolute Gasteiger partial charge is 0.326 e. The quantitative estimate of drug-likeness (QED) is 0.0312. The molecule has 0 radical (unpaired) electrons. The number of nitrogens with zero attached hydrogens (tertiary/aromatic N) is 2. The maximum Gasteiger partial charge on any atom is 0.326 e. The summed E-state index contributed by atoms with van der Waals surface area (Å²) < 4.78 is 0. The van der Waals surface area contributed by atoms with Crippen LogP contribution in [0.5, 0.6) is 0 Å². The Labute approximate surface area is 277 Å². The molecule has 6 amide bonds. The third kappa shape index (κ3) is 14.2. The Morgan fingerprint density at radius 3 is 2.08 bits per heavy atom. The van der Waals surface area contributed by atoms with Crippen LogP contribution in [0.15, 0.2) is 4.99 Å². The number of hydrogen-bond acceptors (Lipinski definition) is 10. The largest absolute Gasteiger partial charge is 0.481 e. The summed E-state index contributed by atoms with van der Waals surface area (Å²) >= 11 is 0. The van der Waals surface area contributed by atoms with Gasteiger partial charge in [0.2, 0.25) is 35.4 Å². The van der Waals surface area contributed by atoms with Gasteiger partial charge in [0.1, 0.15) is 24.2 Å². The molecule has 0 unspecified atom stereocenters. The van der Waals surface area contributed by atoms with E-state index in [1.807, 2.05) is 0 Å². The molecule has 1 saturated heterocycles. The summed E-state index contributed by atoms with van der Waals surface area (Å²) in [5.41, 5.74) is 21.6. The zero-order chi connectivity index (χ0) is 36.6. The number of nitrogens with two attached hydrogens (primary N) is 4. The van der Waals surface area contributed by atoms with Gasteiger partial charge in [-0.05, 0) is 38.0 Å². The van der Waals surface area contributed by atoms with Crippen LogP contribution in [-0.4, -0.2) is 118 Å². The first-order valence-electron chi connectivity index (χ1n) is 15.5. The SMILES string of the molecule is CC[C@H](C)[C@H](NC(=O)[C@@H](N)CC(=O)O)C(=O)N[C@@H](CCCN=C(N)N)C(=O)N[C@@H](CCC(N)=O)C(=O)NCC(=O)N1CCC[C@H]1C(=O)O. The fourth-order valence-electron chi connectivity index (χ4n) is 4.81. The first-order valence-corrected chi connectivity index (χ1v) is 15.5. The van der Waals surface area contributed by atoms with Crippen molar-refractivity contribution >= 4 is 53.3 Å². The van der Waals surface area contributed by atoms with Crippen molar-refractivity contribution in [2.45, 2.75) is 95.4 Å². The first kappa shape index (κ1) is 41.0. The van der Waals surface area contributed by atoms with Crippen molar-refractivity contribution in [3.8, 4) is 0 Å². The van der Waals surface area contributed by atoms with Crippen LogP contribution in [0.4, 0.5) is 0 Å². The highest BCUT2D eigenvalue weighted by Gasteiger charge is 2.35. The normalized spacial score (nSPS) is 17.1. The molecular weight excluding hydrogens is 636 g/mol. The summed E-state index contributed by atoms with van der Waals surface area (Å²) in [6.07, 6.45) is -0.0402. The van der Waals surface area contributed by atoms with Gasteiger partial charge in [-0.1, -0.05) is 20.3 Å². The standard InChI is InChI=1S/C28H48N10O10/c1-3-14(2)22(37-23(43)15(29)12-21(41)42)26(46)36-16(6-4-10-33-28(31)32)25(45)35-17(8-9-19(30)39)24(44)34-13-20(40)38-11-5-7-18(38)27(47)48/h14-18,22H,3-13,29H2,1-2H3,(H2,30,39)(H,34,44)(H,35,45)(H,36,46)(H,37,43)(H,41,42)(H,47,48)(H4,31,32,33)/t14-,15-,16-,17-,18-,22-/m0/s1. The molecule has 48 heavy (non-hydrogen) atoms. The fourth-order valence-corrected chi connectivity index (χ4v) is 4.81. The second kappa shape index (κ2) is 20.3. The third-order valence-electron chi connectivity index (χ3n) is 7.69. The van der Waals surface area contributed by atoms with Crippen LogP contribution in [-0.2, 0) is 38.4 Å². The number of guanidine groups is 1. The lowest BCUT2D eigenvalue weighted by Crippen LogP contribution is -2.59. The summed E-state index contributed by atoms with van der Waals surface area (Å²) in [5.74, 6) is -8.06. The molecule has 6 atom stereocenters. The first-order chi connectivity index (χ1) is 22.5. The van der Waals surface area contributed by atoms with Crippen LogP contribution < -0.4 is 44.2 Å². The fraction of sp³-hybridized carbons (Fsp3) is 0.679. The summed E-state index contributed by atoms with van der Waals surface area (Å²) in [4.78, 5) is 104. The van der Waals surface area contributed by atoms with Crippen molar-refractivity contribution in [3.63, 3.8) is 0 Å². The minimum absolute atomic E-state index is 0.0533. The summed E-state index contributed by atoms with van der Waals surface area (Å²) in [6.45, 7) is 3.07. The third-order valence-corrected chi connectivity index (χ3v) is 7.69. The molecule has 14 N–H and O–H groups in total. The van der Waals surface area contributed by atoms with E-state index in [-0.39, 0.29) is 51.2 Å². The van der Waals surface area contributed by atoms with Crippen LogP contribution in [0.25, 0.3) is 0 Å². The molecule has 270 valence electrons. The Kier molecular flexibility index (Phi) is 17.3. The van der Waals surface area contributed by atoms with Gasteiger partial charge < -0.3 is 59.3 Å². The Morgan fingerprint density at radius 2 is 1.52 bits per heavy atom. The summed E-state index contributed by atoms with van der Waals surface area (Å²) in [6, 6.07) is -6.43. The van der Waals surface area contributed by atoms with Gasteiger partial charge in [-0.2, -0.15) is 0 Å². The van der Waals surface area contributed by atoms with E-state index < -0.39 is 96.5 Å². The van der Waals surface area contributed by atoms with Crippen molar-refractivity contribution in [1.29, 1.82) is 0 Å². The molecule has 1 aliphatic heterocycles. The maximum absolute atomic E-state index is 13.5. The average molecular weight is 685 g/mol. The number of aliphatic imine (C=N–C) groups is 1. The molecule has 0 aliphatic carbocycles. The van der Waals surface area contributed by atoms with Gasteiger partial charge >= 0.3 is 11.9 Å². The zero-order valence-electron chi connectivity index (χ0n) is 27.1. The highest BCUT2D eigenvalue weighted by Crippen LogP contribution is 2.17. The van der Waals surface area contributed by atoms with Gasteiger partial charge in [0, 0.05) is 19.5 Å². The topological polar surface area (TPSA) is 345 Å². The maximum atomic E-state index is 13.5. The number of carbonyl (C=O) groups is 8. The van der Waals surface area contributed by atoms with Crippen LogP contribution >= 0.6 is 0 Å². The van der Waals surface area contributed by atoms with E-state index in [1.54, 1.807) is 13.8 Å². The van der Waals surface area contributed by atoms with Gasteiger partial charge in [-0.15, -0.1) is 0 Å². The minimum Gasteiger partial charge on any atom is -0.481 e. The lowest BCUT2D eigenvalue weighted by Gasteiger charge is -2.28. The highest BCUT2D eigenvalue weighted by molar-refractivity contribution is 5.96. The van der Waals surface area contributed by atoms with Gasteiger partial charge in [0.25, 0.3) is 0 Å². The van der Waals surface area contributed by atoms with Crippen molar-refractivity contribution in [2.75, 3.05) is 19.6 Å². The van der Waals surface area contributed by atoms with E-state index in [1.165, 1.54) is 0 Å². The minimum atomic E-state index is -1.45. The second-order valence-corrected chi connectivity index (χ2v) is 11.5. The number of nitrogens with one attached hydrogen (secondary N) is 4. The molecule has 0 aromatic carbocycles. The van der Waals surface area contributed by atoms with Crippen LogP contribution in [0.3, 0.4) is 0 Å². The molecule has 0 bridgehead atoms. The average Bonchev–Trinajstić information content (AvgIpc) is 3.51. The number of rotatable bonds is 21. The van der Waals surface area contributed by atoms with Gasteiger partial charge in [0.05, 0.1) is 19.0 Å². The molecule has 1 aliphatic rings. The summed E-state index contributed by atoms with van der Waals surface area (Å²) in [5, 5.41) is 28.1. The van der Waals surface area contributed by atoms with E-state index >= 15 is 0 Å². The van der Waals surface area contributed by atoms with E-state index in [0.717, 1.165) is 4.90 Å². The van der Waals surface area contributed by atoms with Gasteiger partial charge in [-0.25, -0.2) is 4.79 Å². The molecule has 0 aromatic rings. The molecule has 1 rings (SSSR count). The van der Waals surface area contributed by atoms with E-state index in [2.05, 4.69) is 26.3 Å². The molecule has 20 nitrogen and oxygen atoms in total. The molecule has 20 heteroatoms. The van der Waals surface area contributed by atoms with Crippen molar-refractivity contribution < 1.29 is 48.6 Å². The second-order valence-electron chi connectivity index (χ2n) is 11.5. The number of primary amides is 1. The Bertz CT molecular complexity index is 1230. The molecular formula is C28H48N10O10. The number of carboxylic acids is 2. The van der Waals surface area contributed by atoms with Crippen molar-refractivity contribution in [3.05, 3.63) is 0 Å². The molecule has 0 saturated carbocycles. The zero-order valence-corrected chi connectivity index (χ0v) is 27.1. The number of amides is 6. The van der Waals surface area contributed by atoms with E-state index in [9.17, 15) is 43.5 Å². The Balaban J connectivity index is 3.17. The predicted molar refractivity (Wildman–Crippen MR) is 169 cm³/mol. The number of carbonyl (C=O) groups excluding carboxylic acids is 6. The number of carboxylic acid groups (broad SMARTS) is 2. The van der Waals surface area contributed by atoms with E-state index in [0.29, 0.717) is 12.8 Å². The number of hydrogen-bond donors (Lipinski definition) is 10. The van der Waals surface area contributed by atoms with Crippen LogP contribution in [0.2, 0.25) is 0 Å².